The van der Waals surface area contributed by atoms with Crippen LogP contribution < -0.4 is 5.32 Å². The molecule has 1 heterocycles. The van der Waals surface area contributed by atoms with Gasteiger partial charge in [-0.3, -0.25) is 0 Å². The molecule has 21 heavy (non-hydrogen) atoms. The summed E-state index contributed by atoms with van der Waals surface area (Å²) in [5, 5.41) is 3.76. The molecule has 118 valence electrons. The van der Waals surface area contributed by atoms with Gasteiger partial charge in [0, 0.05) is 18.1 Å². The molecule has 1 atom stereocenters. The lowest BCUT2D eigenvalue weighted by atomic mass is 9.98. The van der Waals surface area contributed by atoms with Crippen LogP contribution in [0.5, 0.6) is 0 Å². The van der Waals surface area contributed by atoms with E-state index in [1.54, 1.807) is 24.3 Å². The van der Waals surface area contributed by atoms with E-state index in [4.69, 9.17) is 11.6 Å². The van der Waals surface area contributed by atoms with Crippen LogP contribution in [0.3, 0.4) is 0 Å². The minimum absolute atomic E-state index is 0.168. The predicted molar refractivity (Wildman–Crippen MR) is 86.6 cm³/mol. The van der Waals surface area contributed by atoms with Crippen molar-refractivity contribution in [3.63, 3.8) is 0 Å². The molecule has 1 aliphatic rings. The topological polar surface area (TPSA) is 49.4 Å². The van der Waals surface area contributed by atoms with Gasteiger partial charge in [-0.2, -0.15) is 0 Å². The number of nitrogens with zero attached hydrogens (tertiary/aromatic N) is 1. The van der Waals surface area contributed by atoms with E-state index in [9.17, 15) is 8.42 Å². The Kier molecular flexibility index (Phi) is 6.05. The van der Waals surface area contributed by atoms with Crippen molar-refractivity contribution < 1.29 is 8.42 Å². The number of hydrogen-bond donors (Lipinski definition) is 1. The first-order valence-corrected chi connectivity index (χ1v) is 9.39. The molecule has 0 aliphatic carbocycles. The number of benzene rings is 1. The molecular formula is C15H23ClN2O2S. The van der Waals surface area contributed by atoms with E-state index in [0.717, 1.165) is 26.1 Å². The lowest BCUT2D eigenvalue weighted by Gasteiger charge is -2.32. The highest BCUT2D eigenvalue weighted by Gasteiger charge is 2.22. The Labute approximate surface area is 132 Å². The summed E-state index contributed by atoms with van der Waals surface area (Å²) in [6.07, 6.45) is 2.37. The molecule has 0 aromatic heterocycles. The van der Waals surface area contributed by atoms with Crippen LogP contribution in [0.2, 0.25) is 5.02 Å². The Balaban J connectivity index is 1.91. The van der Waals surface area contributed by atoms with Gasteiger partial charge in [0.2, 0.25) is 0 Å². The number of rotatable bonds is 6. The average Bonchev–Trinajstić information content (AvgIpc) is 2.47. The summed E-state index contributed by atoms with van der Waals surface area (Å²) in [4.78, 5) is 2.62. The second-order valence-electron chi connectivity index (χ2n) is 5.64. The zero-order valence-electron chi connectivity index (χ0n) is 12.4. The molecule has 4 nitrogen and oxygen atoms in total. The summed E-state index contributed by atoms with van der Waals surface area (Å²) in [6, 6.07) is 6.41. The normalized spacial score (nSPS) is 20.6. The maximum atomic E-state index is 12.3. The van der Waals surface area contributed by atoms with Gasteiger partial charge in [-0.1, -0.05) is 11.6 Å². The SMILES string of the molecule is CNCC1CCCN(CCS(=O)(=O)c2ccc(Cl)cc2)C1. The zero-order chi connectivity index (χ0) is 15.3. The maximum Gasteiger partial charge on any atom is 0.179 e. The van der Waals surface area contributed by atoms with E-state index in [0.29, 0.717) is 22.4 Å². The Morgan fingerprint density at radius 2 is 2.05 bits per heavy atom. The van der Waals surface area contributed by atoms with Crippen molar-refractivity contribution in [2.24, 2.45) is 5.92 Å². The Bertz CT molecular complexity index is 543. The van der Waals surface area contributed by atoms with Crippen LogP contribution in [-0.4, -0.2) is 52.3 Å². The third-order valence-corrected chi connectivity index (χ3v) is 5.91. The third-order valence-electron chi connectivity index (χ3n) is 3.94. The third kappa shape index (κ3) is 4.95. The standard InChI is InChI=1S/C15H23ClN2O2S/c1-17-11-13-3-2-8-18(12-13)9-10-21(19,20)15-6-4-14(16)5-7-15/h4-7,13,17H,2-3,8-12H2,1H3. The first kappa shape index (κ1) is 16.7. The fraction of sp³-hybridized carbons (Fsp3) is 0.600. The summed E-state index contributed by atoms with van der Waals surface area (Å²) in [6.45, 7) is 3.58. The minimum atomic E-state index is -3.22. The van der Waals surface area contributed by atoms with Crippen LogP contribution in [0.4, 0.5) is 0 Å². The fourth-order valence-electron chi connectivity index (χ4n) is 2.82. The van der Waals surface area contributed by atoms with E-state index < -0.39 is 9.84 Å². The highest BCUT2D eigenvalue weighted by atomic mass is 35.5. The number of halogens is 1. The number of piperidine rings is 1. The number of hydrogen-bond acceptors (Lipinski definition) is 4. The largest absolute Gasteiger partial charge is 0.319 e. The molecule has 0 radical (unpaired) electrons. The summed E-state index contributed by atoms with van der Waals surface area (Å²) in [5.74, 6) is 0.794. The molecule has 6 heteroatoms. The molecule has 1 saturated heterocycles. The molecule has 1 aromatic rings. The van der Waals surface area contributed by atoms with Gasteiger partial charge in [-0.15, -0.1) is 0 Å². The second kappa shape index (κ2) is 7.58. The van der Waals surface area contributed by atoms with E-state index in [1.807, 2.05) is 7.05 Å². The van der Waals surface area contributed by atoms with Gasteiger partial charge in [0.05, 0.1) is 10.6 Å². The van der Waals surface area contributed by atoms with Gasteiger partial charge in [-0.05, 0) is 63.2 Å². The predicted octanol–water partition coefficient (Wildman–Crippen LogP) is 2.05. The van der Waals surface area contributed by atoms with Gasteiger partial charge >= 0.3 is 0 Å². The number of nitrogens with one attached hydrogen (secondary N) is 1. The van der Waals surface area contributed by atoms with Gasteiger partial charge < -0.3 is 10.2 Å². The quantitative estimate of drug-likeness (QED) is 0.867. The van der Waals surface area contributed by atoms with Crippen LogP contribution in [0.1, 0.15) is 12.8 Å². The Morgan fingerprint density at radius 1 is 1.33 bits per heavy atom. The average molecular weight is 331 g/mol. The molecular weight excluding hydrogens is 308 g/mol. The molecule has 0 bridgehead atoms. The Morgan fingerprint density at radius 3 is 2.71 bits per heavy atom. The first-order valence-electron chi connectivity index (χ1n) is 7.36. The van der Waals surface area contributed by atoms with Crippen LogP contribution in [0.25, 0.3) is 0 Å². The van der Waals surface area contributed by atoms with Crippen molar-refractivity contribution in [1.29, 1.82) is 0 Å². The van der Waals surface area contributed by atoms with Gasteiger partial charge in [0.15, 0.2) is 9.84 Å². The highest BCUT2D eigenvalue weighted by Crippen LogP contribution is 2.18. The van der Waals surface area contributed by atoms with Crippen molar-refractivity contribution >= 4 is 21.4 Å². The van der Waals surface area contributed by atoms with E-state index in [1.165, 1.54) is 6.42 Å². The molecule has 0 amide bonds. The molecule has 0 spiro atoms. The van der Waals surface area contributed by atoms with Crippen molar-refractivity contribution in [2.75, 3.05) is 39.0 Å². The van der Waals surface area contributed by atoms with Crippen molar-refractivity contribution in [3.05, 3.63) is 29.3 Å². The maximum absolute atomic E-state index is 12.3. The lowest BCUT2D eigenvalue weighted by Crippen LogP contribution is -2.41. The molecule has 0 saturated carbocycles. The lowest BCUT2D eigenvalue weighted by molar-refractivity contribution is 0.182. The fourth-order valence-corrected chi connectivity index (χ4v) is 4.23. The highest BCUT2D eigenvalue weighted by molar-refractivity contribution is 7.91. The summed E-state index contributed by atoms with van der Waals surface area (Å²) >= 11 is 5.80. The summed E-state index contributed by atoms with van der Waals surface area (Å²) in [7, 11) is -1.26. The second-order valence-corrected chi connectivity index (χ2v) is 8.18. The van der Waals surface area contributed by atoms with E-state index in [-0.39, 0.29) is 5.75 Å². The monoisotopic (exact) mass is 330 g/mol. The number of sulfone groups is 1. The van der Waals surface area contributed by atoms with Gasteiger partial charge in [0.25, 0.3) is 0 Å². The first-order chi connectivity index (χ1) is 10.0. The van der Waals surface area contributed by atoms with Gasteiger partial charge in [0.1, 0.15) is 0 Å². The zero-order valence-corrected chi connectivity index (χ0v) is 14.0. The van der Waals surface area contributed by atoms with Crippen LogP contribution in [0.15, 0.2) is 29.2 Å². The Hall–Kier alpha value is -0.620. The van der Waals surface area contributed by atoms with Crippen LogP contribution >= 0.6 is 11.6 Å². The van der Waals surface area contributed by atoms with Crippen LogP contribution in [-0.2, 0) is 9.84 Å². The van der Waals surface area contributed by atoms with Crippen molar-refractivity contribution in [1.82, 2.24) is 10.2 Å². The van der Waals surface area contributed by atoms with Crippen LogP contribution in [0, 0.1) is 5.92 Å². The minimum Gasteiger partial charge on any atom is -0.319 e. The summed E-state index contributed by atoms with van der Waals surface area (Å²) < 4.78 is 24.6. The molecule has 1 unspecified atom stereocenters. The summed E-state index contributed by atoms with van der Waals surface area (Å²) in [5.41, 5.74) is 0. The smallest absolute Gasteiger partial charge is 0.179 e. The molecule has 2 rings (SSSR count). The molecule has 1 aliphatic heterocycles. The van der Waals surface area contributed by atoms with E-state index in [2.05, 4.69) is 10.2 Å². The van der Waals surface area contributed by atoms with Crippen molar-refractivity contribution in [3.8, 4) is 0 Å². The number of likely N-dealkylation sites (tertiary alicyclic amines) is 1. The van der Waals surface area contributed by atoms with Gasteiger partial charge in [-0.25, -0.2) is 8.42 Å². The van der Waals surface area contributed by atoms with E-state index >= 15 is 0 Å². The molecule has 1 fully saturated rings. The van der Waals surface area contributed by atoms with Crippen molar-refractivity contribution in [2.45, 2.75) is 17.7 Å². The molecule has 1 N–H and O–H groups in total. The molecule has 1 aromatic carbocycles.